The molecule has 0 atom stereocenters. The maximum atomic E-state index is 5.36. The van der Waals surface area contributed by atoms with Crippen LogP contribution in [0.1, 0.15) is 0 Å². The maximum Gasteiger partial charge on any atom is 0.225 e. The highest BCUT2D eigenvalue weighted by atomic mass is 16.3. The number of fused-ring (bicyclic) bond motifs is 1. The van der Waals surface area contributed by atoms with Gasteiger partial charge < -0.3 is 9.40 Å². The molecule has 2 aromatic carbocycles. The summed E-state index contributed by atoms with van der Waals surface area (Å²) < 4.78 is 5.36. The predicted molar refractivity (Wildman–Crippen MR) is 79.2 cm³/mol. The molecule has 96 valence electrons. The molecule has 0 amide bonds. The zero-order chi connectivity index (χ0) is 13.4. The van der Waals surface area contributed by atoms with Crippen molar-refractivity contribution in [2.24, 2.45) is 0 Å². The fraction of sp³-hybridized carbons (Fsp3) is 0. The van der Waals surface area contributed by atoms with Gasteiger partial charge >= 0.3 is 0 Å². The van der Waals surface area contributed by atoms with Crippen LogP contribution in [0, 0.1) is 0 Å². The topological polar surface area (TPSA) is 41.8 Å². The Hall–Kier alpha value is -2.81. The van der Waals surface area contributed by atoms with Crippen molar-refractivity contribution in [1.29, 1.82) is 0 Å². The van der Waals surface area contributed by atoms with Crippen molar-refractivity contribution >= 4 is 10.9 Å². The molecular formula is C17H12N2O. The summed E-state index contributed by atoms with van der Waals surface area (Å²) in [7, 11) is 0. The number of oxazole rings is 1. The van der Waals surface area contributed by atoms with E-state index in [1.807, 2.05) is 24.4 Å². The van der Waals surface area contributed by atoms with E-state index in [1.165, 1.54) is 10.9 Å². The van der Waals surface area contributed by atoms with Crippen LogP contribution in [0.4, 0.5) is 0 Å². The molecule has 0 unspecified atom stereocenters. The van der Waals surface area contributed by atoms with Gasteiger partial charge in [-0.1, -0.05) is 30.3 Å². The van der Waals surface area contributed by atoms with Gasteiger partial charge in [0.05, 0.1) is 6.20 Å². The highest BCUT2D eigenvalue weighted by Gasteiger charge is 2.08. The molecule has 0 fully saturated rings. The lowest BCUT2D eigenvalue weighted by Crippen LogP contribution is -1.80. The van der Waals surface area contributed by atoms with Crippen molar-refractivity contribution in [3.05, 3.63) is 67.2 Å². The summed E-state index contributed by atoms with van der Waals surface area (Å²) in [6, 6.07) is 16.5. The number of aromatic amines is 1. The summed E-state index contributed by atoms with van der Waals surface area (Å²) in [4.78, 5) is 7.50. The minimum absolute atomic E-state index is 0.645. The maximum absolute atomic E-state index is 5.36. The highest BCUT2D eigenvalue weighted by Crippen LogP contribution is 2.30. The largest absolute Gasteiger partial charge is 0.445 e. The van der Waals surface area contributed by atoms with Crippen molar-refractivity contribution < 1.29 is 4.42 Å². The number of H-pyrrole nitrogens is 1. The third-order valence-electron chi connectivity index (χ3n) is 3.44. The number of hydrogen-bond donors (Lipinski definition) is 1. The minimum Gasteiger partial charge on any atom is -0.445 e. The lowest BCUT2D eigenvalue weighted by Gasteiger charge is -2.02. The van der Waals surface area contributed by atoms with Crippen LogP contribution in [-0.4, -0.2) is 9.97 Å². The fourth-order valence-electron chi connectivity index (χ4n) is 2.50. The number of hydrogen-bond acceptors (Lipinski definition) is 2. The van der Waals surface area contributed by atoms with Gasteiger partial charge in [-0.25, -0.2) is 4.98 Å². The average molecular weight is 260 g/mol. The zero-order valence-electron chi connectivity index (χ0n) is 10.7. The normalized spacial score (nSPS) is 11.0. The molecule has 0 spiro atoms. The Balaban J connectivity index is 1.88. The van der Waals surface area contributed by atoms with Crippen LogP contribution < -0.4 is 0 Å². The van der Waals surface area contributed by atoms with E-state index in [9.17, 15) is 0 Å². The first-order chi connectivity index (χ1) is 9.92. The molecule has 0 bridgehead atoms. The second-order valence-electron chi connectivity index (χ2n) is 4.67. The average Bonchev–Trinajstić information content (AvgIpc) is 3.17. The summed E-state index contributed by atoms with van der Waals surface area (Å²) in [6.07, 6.45) is 5.29. The molecule has 1 N–H and O–H groups in total. The molecule has 0 aliphatic rings. The summed E-state index contributed by atoms with van der Waals surface area (Å²) >= 11 is 0. The monoisotopic (exact) mass is 260 g/mol. The molecule has 3 heteroatoms. The number of rotatable bonds is 2. The van der Waals surface area contributed by atoms with Gasteiger partial charge in [0.15, 0.2) is 0 Å². The van der Waals surface area contributed by atoms with E-state index < -0.39 is 0 Å². The van der Waals surface area contributed by atoms with E-state index in [4.69, 9.17) is 4.42 Å². The predicted octanol–water partition coefficient (Wildman–Crippen LogP) is 4.49. The second-order valence-corrected chi connectivity index (χ2v) is 4.67. The Bertz CT molecular complexity index is 859. The number of nitrogens with one attached hydrogen (secondary N) is 1. The Labute approximate surface area is 115 Å². The molecule has 2 aromatic heterocycles. The Morgan fingerprint density at radius 3 is 2.75 bits per heavy atom. The lowest BCUT2D eigenvalue weighted by atomic mass is 10.0. The third kappa shape index (κ3) is 1.72. The number of nitrogens with zero attached hydrogens (tertiary/aromatic N) is 1. The summed E-state index contributed by atoms with van der Waals surface area (Å²) in [6.45, 7) is 0. The van der Waals surface area contributed by atoms with Crippen molar-refractivity contribution in [2.75, 3.05) is 0 Å². The quantitative estimate of drug-likeness (QED) is 0.577. The number of aromatic nitrogens is 2. The highest BCUT2D eigenvalue weighted by molar-refractivity contribution is 5.95. The second kappa shape index (κ2) is 4.38. The molecule has 3 nitrogen and oxygen atoms in total. The molecule has 20 heavy (non-hydrogen) atoms. The van der Waals surface area contributed by atoms with E-state index >= 15 is 0 Å². The summed E-state index contributed by atoms with van der Waals surface area (Å²) in [5.41, 5.74) is 4.47. The van der Waals surface area contributed by atoms with Crippen LogP contribution in [0.5, 0.6) is 0 Å². The zero-order valence-corrected chi connectivity index (χ0v) is 10.7. The first-order valence-corrected chi connectivity index (χ1v) is 6.48. The van der Waals surface area contributed by atoms with Gasteiger partial charge in [0.25, 0.3) is 0 Å². The van der Waals surface area contributed by atoms with Crippen molar-refractivity contribution in [3.8, 4) is 22.6 Å². The molecule has 2 heterocycles. The number of para-hydroxylation sites is 1. The van der Waals surface area contributed by atoms with Crippen LogP contribution >= 0.6 is 0 Å². The van der Waals surface area contributed by atoms with E-state index in [0.717, 1.165) is 16.6 Å². The molecule has 0 radical (unpaired) electrons. The van der Waals surface area contributed by atoms with Crippen molar-refractivity contribution in [1.82, 2.24) is 9.97 Å². The van der Waals surface area contributed by atoms with Gasteiger partial charge in [-0.05, 0) is 23.8 Å². The van der Waals surface area contributed by atoms with E-state index in [2.05, 4.69) is 40.3 Å². The Kier molecular flexibility index (Phi) is 2.42. The molecule has 0 aliphatic heterocycles. The summed E-state index contributed by atoms with van der Waals surface area (Å²) in [5.74, 6) is 0.645. The molecular weight excluding hydrogens is 248 g/mol. The summed E-state index contributed by atoms with van der Waals surface area (Å²) in [5, 5.41) is 1.22. The van der Waals surface area contributed by atoms with Gasteiger partial charge in [-0.3, -0.25) is 0 Å². The third-order valence-corrected chi connectivity index (χ3v) is 3.44. The first kappa shape index (κ1) is 11.1. The molecule has 0 saturated carbocycles. The SMILES string of the molecule is c1cc(-c2ncco2)cc(-c2c[nH]c3ccccc23)c1. The van der Waals surface area contributed by atoms with Gasteiger partial charge in [-0.2, -0.15) is 0 Å². The Morgan fingerprint density at radius 2 is 1.85 bits per heavy atom. The van der Waals surface area contributed by atoms with Crippen LogP contribution in [-0.2, 0) is 0 Å². The van der Waals surface area contributed by atoms with Gasteiger partial charge in [-0.15, -0.1) is 0 Å². The van der Waals surface area contributed by atoms with Gasteiger partial charge in [0.2, 0.25) is 5.89 Å². The van der Waals surface area contributed by atoms with Crippen molar-refractivity contribution in [3.63, 3.8) is 0 Å². The van der Waals surface area contributed by atoms with E-state index in [1.54, 1.807) is 12.5 Å². The lowest BCUT2D eigenvalue weighted by molar-refractivity contribution is 0.574. The van der Waals surface area contributed by atoms with E-state index in [0.29, 0.717) is 5.89 Å². The van der Waals surface area contributed by atoms with Crippen molar-refractivity contribution in [2.45, 2.75) is 0 Å². The van der Waals surface area contributed by atoms with Gasteiger partial charge in [0.1, 0.15) is 6.26 Å². The first-order valence-electron chi connectivity index (χ1n) is 6.48. The molecule has 4 rings (SSSR count). The molecule has 0 saturated heterocycles. The van der Waals surface area contributed by atoms with Gasteiger partial charge in [0, 0.05) is 28.2 Å². The molecule has 0 aliphatic carbocycles. The molecule has 4 aromatic rings. The van der Waals surface area contributed by atoms with Crippen LogP contribution in [0.15, 0.2) is 71.6 Å². The number of benzene rings is 2. The van der Waals surface area contributed by atoms with E-state index in [-0.39, 0.29) is 0 Å². The smallest absolute Gasteiger partial charge is 0.225 e. The Morgan fingerprint density at radius 1 is 0.950 bits per heavy atom. The van der Waals surface area contributed by atoms with Crippen LogP contribution in [0.2, 0.25) is 0 Å². The minimum atomic E-state index is 0.645. The standard InChI is InChI=1S/C17H12N2O/c1-2-7-16-14(6-1)15(11-19-16)12-4-3-5-13(10-12)17-18-8-9-20-17/h1-11,19H. The van der Waals surface area contributed by atoms with Crippen LogP contribution in [0.25, 0.3) is 33.5 Å². The van der Waals surface area contributed by atoms with Crippen LogP contribution in [0.3, 0.4) is 0 Å². The fourth-order valence-corrected chi connectivity index (χ4v) is 2.50.